The summed E-state index contributed by atoms with van der Waals surface area (Å²) in [7, 11) is 0. The van der Waals surface area contributed by atoms with Gasteiger partial charge < -0.3 is 15.4 Å². The molecule has 12 heteroatoms. The Morgan fingerprint density at radius 2 is 2.12 bits per heavy atom. The van der Waals surface area contributed by atoms with Gasteiger partial charge in [0, 0.05) is 17.8 Å². The maximum atomic E-state index is 11.5. The van der Waals surface area contributed by atoms with Gasteiger partial charge in [0.15, 0.2) is 11.1 Å². The summed E-state index contributed by atoms with van der Waals surface area (Å²) in [5.41, 5.74) is 2.93. The van der Waals surface area contributed by atoms with Crippen molar-refractivity contribution in [2.45, 2.75) is 25.4 Å². The van der Waals surface area contributed by atoms with Crippen molar-refractivity contribution in [3.05, 3.63) is 81.6 Å². The molecule has 0 radical (unpaired) electrons. The molecule has 1 aromatic carbocycles. The van der Waals surface area contributed by atoms with E-state index in [-0.39, 0.29) is 17.6 Å². The molecule has 170 valence electrons. The van der Waals surface area contributed by atoms with Crippen molar-refractivity contribution in [3.8, 4) is 11.6 Å². The molecule has 0 unspecified atom stereocenters. The number of rotatable bonds is 6. The van der Waals surface area contributed by atoms with Gasteiger partial charge in [-0.1, -0.05) is 18.2 Å². The van der Waals surface area contributed by atoms with Crippen LogP contribution in [0.1, 0.15) is 24.1 Å². The van der Waals surface area contributed by atoms with Gasteiger partial charge in [0.1, 0.15) is 24.2 Å². The molecule has 0 atom stereocenters. The van der Waals surface area contributed by atoms with Crippen LogP contribution >= 0.6 is 0 Å². The van der Waals surface area contributed by atoms with E-state index < -0.39 is 5.69 Å². The molecule has 0 spiro atoms. The molecule has 4 heterocycles. The summed E-state index contributed by atoms with van der Waals surface area (Å²) in [6.07, 6.45) is 8.51. The fraction of sp³-hybridized carbons (Fsp3) is 0.182. The fourth-order valence-electron chi connectivity index (χ4n) is 3.69. The number of anilines is 1. The Labute approximate surface area is 191 Å². The molecule has 1 aliphatic carbocycles. The lowest BCUT2D eigenvalue weighted by Gasteiger charge is -2.11. The van der Waals surface area contributed by atoms with E-state index in [1.165, 1.54) is 6.33 Å². The molecule has 34 heavy (non-hydrogen) atoms. The van der Waals surface area contributed by atoms with Crippen molar-refractivity contribution in [3.63, 3.8) is 0 Å². The van der Waals surface area contributed by atoms with Crippen LogP contribution in [-0.2, 0) is 6.54 Å². The Bertz CT molecular complexity index is 1660. The van der Waals surface area contributed by atoms with Gasteiger partial charge in [0.05, 0.1) is 17.9 Å². The van der Waals surface area contributed by atoms with Crippen molar-refractivity contribution in [2.75, 3.05) is 5.32 Å². The van der Waals surface area contributed by atoms with Crippen LogP contribution in [0.3, 0.4) is 0 Å². The molecule has 0 aliphatic heterocycles. The Hall–Kier alpha value is -4.74. The highest BCUT2D eigenvalue weighted by atomic mass is 16.3. The number of nitrogens with one attached hydrogen (secondary N) is 3. The largest absolute Gasteiger partial charge is 0.493 e. The molecule has 12 nitrogen and oxygen atoms in total. The van der Waals surface area contributed by atoms with E-state index in [2.05, 4.69) is 30.5 Å². The smallest absolute Gasteiger partial charge is 0.326 e. The molecular formula is C22H20N10O2. The number of fused-ring (bicyclic) bond motifs is 1. The number of para-hydroxylation sites is 1. The second kappa shape index (κ2) is 7.99. The first-order valence-electron chi connectivity index (χ1n) is 10.8. The van der Waals surface area contributed by atoms with E-state index in [4.69, 9.17) is 9.98 Å². The summed E-state index contributed by atoms with van der Waals surface area (Å²) in [5.74, 6) is 0.383. The number of benzene rings is 1. The number of aromatic hydroxyl groups is 1. The highest BCUT2D eigenvalue weighted by Crippen LogP contribution is 2.22. The maximum Gasteiger partial charge on any atom is 0.326 e. The molecular weight excluding hydrogens is 436 g/mol. The number of aromatic nitrogens is 8. The average Bonchev–Trinajstić information content (AvgIpc) is 3.20. The number of nitrogens with zero attached hydrogens (tertiary/aromatic N) is 7. The first kappa shape index (κ1) is 19.9. The minimum absolute atomic E-state index is 0.244. The van der Waals surface area contributed by atoms with Crippen LogP contribution in [0.2, 0.25) is 0 Å². The van der Waals surface area contributed by atoms with Crippen molar-refractivity contribution < 1.29 is 5.11 Å². The van der Waals surface area contributed by atoms with Crippen LogP contribution in [0.5, 0.6) is 5.88 Å². The van der Waals surface area contributed by atoms with Crippen LogP contribution in [0, 0.1) is 0 Å². The summed E-state index contributed by atoms with van der Waals surface area (Å²) < 4.78 is 3.39. The van der Waals surface area contributed by atoms with Crippen LogP contribution in [0.25, 0.3) is 17.4 Å². The van der Waals surface area contributed by atoms with E-state index >= 15 is 0 Å². The lowest BCUT2D eigenvalue weighted by molar-refractivity contribution is 0.454. The molecule has 1 saturated carbocycles. The third kappa shape index (κ3) is 3.81. The summed E-state index contributed by atoms with van der Waals surface area (Å²) in [5, 5.41) is 22.6. The van der Waals surface area contributed by atoms with Crippen LogP contribution < -0.4 is 21.7 Å². The lowest BCUT2D eigenvalue weighted by Crippen LogP contribution is -2.20. The Balaban J connectivity index is 1.41. The fourth-order valence-corrected chi connectivity index (χ4v) is 3.69. The SMILES string of the molecule is O=c1[nH]c(O)c(C=c2cnn3c(=NC4CC4)cc(NCc4ccccc4-n4cncn4)nc23)[nH]1. The normalized spacial score (nSPS) is 14.8. The average molecular weight is 456 g/mol. The zero-order chi connectivity index (χ0) is 23.1. The molecule has 0 bridgehead atoms. The van der Waals surface area contributed by atoms with Gasteiger partial charge in [-0.25, -0.2) is 19.4 Å². The number of imidazole rings is 1. The molecule has 4 N–H and O–H groups in total. The highest BCUT2D eigenvalue weighted by Gasteiger charge is 2.20. The topological polar surface area (TPSA) is 154 Å². The monoisotopic (exact) mass is 456 g/mol. The van der Waals surface area contributed by atoms with Gasteiger partial charge >= 0.3 is 5.69 Å². The number of H-pyrrole nitrogens is 2. The number of hydrogen-bond donors (Lipinski definition) is 4. The van der Waals surface area contributed by atoms with Gasteiger partial charge in [-0.15, -0.1) is 0 Å². The highest BCUT2D eigenvalue weighted by molar-refractivity contribution is 5.58. The maximum absolute atomic E-state index is 11.5. The van der Waals surface area contributed by atoms with Crippen LogP contribution in [0.15, 0.2) is 59.0 Å². The molecule has 0 amide bonds. The minimum Gasteiger partial charge on any atom is -0.493 e. The summed E-state index contributed by atoms with van der Waals surface area (Å²) in [4.78, 5) is 29.9. The Kier molecular flexibility index (Phi) is 4.68. The zero-order valence-corrected chi connectivity index (χ0v) is 17.9. The standard InChI is InChI=1S/C22H20N10O2/c33-21-16(28-22(34)30-21)7-14-10-25-32-19(27-15-5-6-15)8-18(29-20(14)32)24-9-13-3-1-2-4-17(13)31-12-23-11-26-31/h1-4,7-8,10-12,15,24,33H,5-6,9H2,(H2,28,30,34). The lowest BCUT2D eigenvalue weighted by atomic mass is 10.2. The summed E-state index contributed by atoms with van der Waals surface area (Å²) in [6, 6.07) is 10.1. The molecule has 0 saturated heterocycles. The van der Waals surface area contributed by atoms with Crippen molar-refractivity contribution in [1.29, 1.82) is 0 Å². The van der Waals surface area contributed by atoms with Gasteiger partial charge in [-0.05, 0) is 30.5 Å². The molecule has 1 aliphatic rings. The molecule has 4 aromatic heterocycles. The van der Waals surface area contributed by atoms with Crippen LogP contribution in [0.4, 0.5) is 5.82 Å². The number of hydrogen-bond acceptors (Lipinski definition) is 8. The Morgan fingerprint density at radius 3 is 2.88 bits per heavy atom. The van der Waals surface area contributed by atoms with E-state index in [0.717, 1.165) is 24.1 Å². The molecule has 6 rings (SSSR count). The van der Waals surface area contributed by atoms with E-state index in [1.807, 2.05) is 30.3 Å². The predicted molar refractivity (Wildman–Crippen MR) is 122 cm³/mol. The molecule has 1 fully saturated rings. The van der Waals surface area contributed by atoms with E-state index in [9.17, 15) is 9.90 Å². The first-order valence-corrected chi connectivity index (χ1v) is 10.8. The zero-order valence-electron chi connectivity index (χ0n) is 17.9. The van der Waals surface area contributed by atoms with Gasteiger partial charge in [0.2, 0.25) is 5.88 Å². The third-order valence-corrected chi connectivity index (χ3v) is 5.49. The third-order valence-electron chi connectivity index (χ3n) is 5.49. The van der Waals surface area contributed by atoms with Gasteiger partial charge in [0.25, 0.3) is 0 Å². The van der Waals surface area contributed by atoms with Crippen molar-refractivity contribution >= 4 is 17.5 Å². The van der Waals surface area contributed by atoms with E-state index in [0.29, 0.717) is 28.7 Å². The second-order valence-electron chi connectivity index (χ2n) is 8.00. The first-order chi connectivity index (χ1) is 16.6. The minimum atomic E-state index is -0.494. The van der Waals surface area contributed by atoms with Gasteiger partial charge in [-0.3, -0.25) is 9.98 Å². The number of aromatic amines is 2. The predicted octanol–water partition coefficient (Wildman–Crippen LogP) is 0.255. The van der Waals surface area contributed by atoms with Gasteiger partial charge in [-0.2, -0.15) is 14.7 Å². The van der Waals surface area contributed by atoms with Crippen molar-refractivity contribution in [2.24, 2.45) is 4.99 Å². The van der Waals surface area contributed by atoms with E-state index in [1.54, 1.807) is 27.8 Å². The summed E-state index contributed by atoms with van der Waals surface area (Å²) in [6.45, 7) is 0.501. The quantitative estimate of drug-likeness (QED) is 0.286. The second-order valence-corrected chi connectivity index (χ2v) is 8.00. The Morgan fingerprint density at radius 1 is 1.24 bits per heavy atom. The van der Waals surface area contributed by atoms with Crippen molar-refractivity contribution in [1.82, 2.24) is 39.3 Å². The summed E-state index contributed by atoms with van der Waals surface area (Å²) >= 11 is 0. The van der Waals surface area contributed by atoms with Crippen LogP contribution in [-0.4, -0.2) is 50.5 Å². The molecule has 5 aromatic rings.